The monoisotopic (exact) mass is 236 g/mol. The number of furan rings is 1. The Kier molecular flexibility index (Phi) is 3.41. The fourth-order valence-electron chi connectivity index (χ4n) is 1.59. The maximum absolute atomic E-state index is 5.43. The topological polar surface area (TPSA) is 38.1 Å². The van der Waals surface area contributed by atoms with Crippen LogP contribution in [0, 0.1) is 6.92 Å². The SMILES string of the molecule is CCNC(C)c1cnc(-c2occc2C)s1. The molecule has 3 nitrogen and oxygen atoms in total. The number of aryl methyl sites for hydroxylation is 1. The van der Waals surface area contributed by atoms with Gasteiger partial charge in [0.15, 0.2) is 10.8 Å². The zero-order valence-corrected chi connectivity index (χ0v) is 10.6. The van der Waals surface area contributed by atoms with Crippen molar-refractivity contribution in [2.24, 2.45) is 0 Å². The van der Waals surface area contributed by atoms with Crippen LogP contribution in [0.4, 0.5) is 0 Å². The highest BCUT2D eigenvalue weighted by Crippen LogP contribution is 2.30. The molecule has 4 heteroatoms. The fraction of sp³-hybridized carbons (Fsp3) is 0.417. The molecule has 0 amide bonds. The van der Waals surface area contributed by atoms with Crippen LogP contribution in [0.15, 0.2) is 22.9 Å². The van der Waals surface area contributed by atoms with Crippen molar-refractivity contribution in [2.75, 3.05) is 6.54 Å². The summed E-state index contributed by atoms with van der Waals surface area (Å²) in [6.45, 7) is 7.26. The van der Waals surface area contributed by atoms with E-state index in [1.165, 1.54) is 4.88 Å². The quantitative estimate of drug-likeness (QED) is 0.884. The summed E-state index contributed by atoms with van der Waals surface area (Å²) in [5.41, 5.74) is 1.14. The standard InChI is InChI=1S/C12H16N2OS/c1-4-13-9(3)10-7-14-12(16-10)11-8(2)5-6-15-11/h5-7,9,13H,4H2,1-3H3. The first-order chi connectivity index (χ1) is 7.72. The van der Waals surface area contributed by atoms with Gasteiger partial charge in [-0.2, -0.15) is 0 Å². The molecule has 1 N–H and O–H groups in total. The van der Waals surface area contributed by atoms with E-state index in [2.05, 4.69) is 24.1 Å². The minimum atomic E-state index is 0.353. The van der Waals surface area contributed by atoms with Gasteiger partial charge in [-0.15, -0.1) is 11.3 Å². The summed E-state index contributed by atoms with van der Waals surface area (Å²) in [4.78, 5) is 5.65. The van der Waals surface area contributed by atoms with Crippen molar-refractivity contribution >= 4 is 11.3 Å². The van der Waals surface area contributed by atoms with Gasteiger partial charge < -0.3 is 9.73 Å². The van der Waals surface area contributed by atoms with E-state index in [1.54, 1.807) is 17.6 Å². The van der Waals surface area contributed by atoms with E-state index in [0.717, 1.165) is 22.9 Å². The molecule has 1 unspecified atom stereocenters. The van der Waals surface area contributed by atoms with Gasteiger partial charge in [0.1, 0.15) is 0 Å². The highest BCUT2D eigenvalue weighted by molar-refractivity contribution is 7.15. The molecule has 0 aliphatic rings. The van der Waals surface area contributed by atoms with Gasteiger partial charge in [0.2, 0.25) is 0 Å². The number of aromatic nitrogens is 1. The molecular weight excluding hydrogens is 220 g/mol. The smallest absolute Gasteiger partial charge is 0.165 e. The van der Waals surface area contributed by atoms with Crippen LogP contribution in [0.3, 0.4) is 0 Å². The van der Waals surface area contributed by atoms with Crippen LogP contribution in [-0.2, 0) is 0 Å². The number of nitrogens with zero attached hydrogens (tertiary/aromatic N) is 1. The van der Waals surface area contributed by atoms with Gasteiger partial charge in [-0.25, -0.2) is 4.98 Å². The second kappa shape index (κ2) is 4.80. The van der Waals surface area contributed by atoms with E-state index in [1.807, 2.05) is 19.2 Å². The Morgan fingerprint density at radius 3 is 3.00 bits per heavy atom. The lowest BCUT2D eigenvalue weighted by molar-refractivity contribution is 0.580. The summed E-state index contributed by atoms with van der Waals surface area (Å²) in [5, 5.41) is 4.34. The minimum Gasteiger partial charge on any atom is -0.462 e. The third-order valence-electron chi connectivity index (χ3n) is 2.52. The van der Waals surface area contributed by atoms with Crippen LogP contribution in [-0.4, -0.2) is 11.5 Å². The molecule has 0 bridgehead atoms. The number of hydrogen-bond donors (Lipinski definition) is 1. The normalized spacial score (nSPS) is 12.9. The lowest BCUT2D eigenvalue weighted by atomic mass is 10.3. The summed E-state index contributed by atoms with van der Waals surface area (Å²) in [5.74, 6) is 0.889. The number of hydrogen-bond acceptors (Lipinski definition) is 4. The molecule has 2 aromatic heterocycles. The highest BCUT2D eigenvalue weighted by Gasteiger charge is 2.13. The van der Waals surface area contributed by atoms with Gasteiger partial charge in [-0.1, -0.05) is 6.92 Å². The summed E-state index contributed by atoms with van der Waals surface area (Å²) >= 11 is 1.69. The van der Waals surface area contributed by atoms with Crippen LogP contribution in [0.1, 0.15) is 30.3 Å². The van der Waals surface area contributed by atoms with E-state index in [-0.39, 0.29) is 0 Å². The van der Waals surface area contributed by atoms with Gasteiger partial charge in [0.05, 0.1) is 6.26 Å². The Balaban J connectivity index is 2.23. The molecule has 0 spiro atoms. The maximum atomic E-state index is 5.43. The van der Waals surface area contributed by atoms with E-state index in [0.29, 0.717) is 6.04 Å². The molecular formula is C12H16N2OS. The Morgan fingerprint density at radius 1 is 1.56 bits per heavy atom. The second-order valence-corrected chi connectivity index (χ2v) is 4.84. The minimum absolute atomic E-state index is 0.353. The predicted octanol–water partition coefficient (Wildman–Crippen LogP) is 3.38. The third kappa shape index (κ3) is 2.18. The first kappa shape index (κ1) is 11.4. The van der Waals surface area contributed by atoms with Crippen molar-refractivity contribution in [3.63, 3.8) is 0 Å². The third-order valence-corrected chi connectivity index (χ3v) is 3.70. The van der Waals surface area contributed by atoms with E-state index in [4.69, 9.17) is 4.42 Å². The largest absolute Gasteiger partial charge is 0.462 e. The summed E-state index contributed by atoms with van der Waals surface area (Å²) in [7, 11) is 0. The van der Waals surface area contributed by atoms with Gasteiger partial charge in [0.25, 0.3) is 0 Å². The van der Waals surface area contributed by atoms with Crippen LogP contribution >= 0.6 is 11.3 Å². The lowest BCUT2D eigenvalue weighted by Crippen LogP contribution is -2.16. The number of rotatable bonds is 4. The summed E-state index contributed by atoms with van der Waals surface area (Å²) in [6, 6.07) is 2.32. The zero-order valence-electron chi connectivity index (χ0n) is 9.78. The van der Waals surface area contributed by atoms with Crippen molar-refractivity contribution in [1.82, 2.24) is 10.3 Å². The molecule has 0 saturated heterocycles. The first-order valence-electron chi connectivity index (χ1n) is 5.46. The van der Waals surface area contributed by atoms with Gasteiger partial charge >= 0.3 is 0 Å². The molecule has 0 radical (unpaired) electrons. The Morgan fingerprint density at radius 2 is 2.38 bits per heavy atom. The predicted molar refractivity (Wildman–Crippen MR) is 66.6 cm³/mol. The molecule has 16 heavy (non-hydrogen) atoms. The van der Waals surface area contributed by atoms with Crippen molar-refractivity contribution < 1.29 is 4.42 Å². The van der Waals surface area contributed by atoms with Crippen molar-refractivity contribution in [3.05, 3.63) is 29.0 Å². The van der Waals surface area contributed by atoms with Crippen LogP contribution in [0.5, 0.6) is 0 Å². The molecule has 0 aliphatic heterocycles. The van der Waals surface area contributed by atoms with Crippen molar-refractivity contribution in [3.8, 4) is 10.8 Å². The number of nitrogens with one attached hydrogen (secondary N) is 1. The molecule has 86 valence electrons. The Hall–Kier alpha value is -1.13. The number of thiazole rings is 1. The van der Waals surface area contributed by atoms with Crippen molar-refractivity contribution in [1.29, 1.82) is 0 Å². The van der Waals surface area contributed by atoms with Crippen molar-refractivity contribution in [2.45, 2.75) is 26.8 Å². The first-order valence-corrected chi connectivity index (χ1v) is 6.27. The average Bonchev–Trinajstić information content (AvgIpc) is 2.86. The van der Waals surface area contributed by atoms with Crippen LogP contribution in [0.25, 0.3) is 10.8 Å². The van der Waals surface area contributed by atoms with E-state index >= 15 is 0 Å². The van der Waals surface area contributed by atoms with Gasteiger partial charge in [0, 0.05) is 17.1 Å². The summed E-state index contributed by atoms with van der Waals surface area (Å²) in [6.07, 6.45) is 3.63. The molecule has 0 fully saturated rings. The molecule has 0 aromatic carbocycles. The Bertz CT molecular complexity index is 461. The fourth-order valence-corrected chi connectivity index (χ4v) is 2.59. The average molecular weight is 236 g/mol. The summed E-state index contributed by atoms with van der Waals surface area (Å²) < 4.78 is 5.43. The van der Waals surface area contributed by atoms with Crippen LogP contribution in [0.2, 0.25) is 0 Å². The zero-order chi connectivity index (χ0) is 11.5. The highest BCUT2D eigenvalue weighted by atomic mass is 32.1. The van der Waals surface area contributed by atoms with Crippen LogP contribution < -0.4 is 5.32 Å². The molecule has 1 atom stereocenters. The van der Waals surface area contributed by atoms with Gasteiger partial charge in [-0.05, 0) is 32.0 Å². The second-order valence-electron chi connectivity index (χ2n) is 3.78. The maximum Gasteiger partial charge on any atom is 0.165 e. The lowest BCUT2D eigenvalue weighted by Gasteiger charge is -2.07. The molecule has 2 aromatic rings. The van der Waals surface area contributed by atoms with E-state index < -0.39 is 0 Å². The van der Waals surface area contributed by atoms with E-state index in [9.17, 15) is 0 Å². The Labute approximate surface area is 99.5 Å². The molecule has 2 heterocycles. The van der Waals surface area contributed by atoms with Gasteiger partial charge in [-0.3, -0.25) is 0 Å². The molecule has 0 saturated carbocycles. The molecule has 0 aliphatic carbocycles. The molecule has 2 rings (SSSR count).